The Bertz CT molecular complexity index is 332. The standard InChI is InChI=1S/C10H10BrFO2/c1-10(12,9(13)14)6-7-2-4-8(11)5-3-7/h2-5H,6H2,1H3,(H,13,14). The highest BCUT2D eigenvalue weighted by Gasteiger charge is 2.32. The smallest absolute Gasteiger partial charge is 0.341 e. The highest BCUT2D eigenvalue weighted by molar-refractivity contribution is 9.10. The summed E-state index contributed by atoms with van der Waals surface area (Å²) in [6.45, 7) is 1.07. The molecule has 0 spiro atoms. The van der Waals surface area contributed by atoms with E-state index in [2.05, 4.69) is 15.9 Å². The van der Waals surface area contributed by atoms with Gasteiger partial charge < -0.3 is 5.11 Å². The first-order chi connectivity index (χ1) is 6.42. The van der Waals surface area contributed by atoms with Crippen molar-refractivity contribution < 1.29 is 14.3 Å². The van der Waals surface area contributed by atoms with Crippen molar-refractivity contribution >= 4 is 21.9 Å². The van der Waals surface area contributed by atoms with Crippen LogP contribution >= 0.6 is 15.9 Å². The van der Waals surface area contributed by atoms with E-state index in [0.717, 1.165) is 11.4 Å². The summed E-state index contributed by atoms with van der Waals surface area (Å²) >= 11 is 3.24. The molecule has 4 heteroatoms. The Balaban J connectivity index is 2.79. The zero-order chi connectivity index (χ0) is 10.8. The fraction of sp³-hybridized carbons (Fsp3) is 0.300. The number of carboxylic acid groups (broad SMARTS) is 1. The number of aliphatic carboxylic acids is 1. The van der Waals surface area contributed by atoms with Crippen molar-refractivity contribution in [2.45, 2.75) is 19.0 Å². The zero-order valence-electron chi connectivity index (χ0n) is 7.63. The van der Waals surface area contributed by atoms with Crippen molar-refractivity contribution in [2.24, 2.45) is 0 Å². The second-order valence-corrected chi connectivity index (χ2v) is 4.22. The van der Waals surface area contributed by atoms with E-state index in [1.807, 2.05) is 0 Å². The third-order valence-electron chi connectivity index (χ3n) is 1.90. The average Bonchev–Trinajstić information content (AvgIpc) is 2.08. The minimum Gasteiger partial charge on any atom is -0.479 e. The van der Waals surface area contributed by atoms with Crippen molar-refractivity contribution in [3.63, 3.8) is 0 Å². The number of carboxylic acids is 1. The Morgan fingerprint density at radius 3 is 2.43 bits per heavy atom. The van der Waals surface area contributed by atoms with Gasteiger partial charge in [-0.25, -0.2) is 9.18 Å². The summed E-state index contributed by atoms with van der Waals surface area (Å²) in [5.74, 6) is -1.43. The number of hydrogen-bond donors (Lipinski definition) is 1. The second kappa shape index (κ2) is 4.09. The average molecular weight is 261 g/mol. The fourth-order valence-electron chi connectivity index (χ4n) is 1.06. The molecule has 0 saturated heterocycles. The molecule has 1 rings (SSSR count). The third-order valence-corrected chi connectivity index (χ3v) is 2.42. The van der Waals surface area contributed by atoms with E-state index in [1.54, 1.807) is 24.3 Å². The molecule has 0 radical (unpaired) electrons. The first-order valence-corrected chi connectivity index (χ1v) is 4.88. The number of benzene rings is 1. The van der Waals surface area contributed by atoms with Gasteiger partial charge in [0.15, 0.2) is 0 Å². The van der Waals surface area contributed by atoms with Crippen molar-refractivity contribution in [1.82, 2.24) is 0 Å². The van der Waals surface area contributed by atoms with Gasteiger partial charge in [-0.2, -0.15) is 0 Å². The molecule has 2 nitrogen and oxygen atoms in total. The molecule has 1 atom stereocenters. The van der Waals surface area contributed by atoms with Gasteiger partial charge in [0, 0.05) is 10.9 Å². The van der Waals surface area contributed by atoms with E-state index in [4.69, 9.17) is 5.11 Å². The van der Waals surface area contributed by atoms with Gasteiger partial charge in [-0.1, -0.05) is 28.1 Å². The summed E-state index contributed by atoms with van der Waals surface area (Å²) in [5.41, 5.74) is -1.53. The van der Waals surface area contributed by atoms with Gasteiger partial charge in [0.2, 0.25) is 5.67 Å². The summed E-state index contributed by atoms with van der Waals surface area (Å²) < 4.78 is 14.3. The van der Waals surface area contributed by atoms with E-state index < -0.39 is 11.6 Å². The van der Waals surface area contributed by atoms with Crippen LogP contribution in [0, 0.1) is 0 Å². The number of halogens is 2. The van der Waals surface area contributed by atoms with E-state index >= 15 is 0 Å². The number of hydrogen-bond acceptors (Lipinski definition) is 1. The summed E-state index contributed by atoms with van der Waals surface area (Å²) in [6, 6.07) is 6.91. The number of alkyl halides is 1. The molecular weight excluding hydrogens is 251 g/mol. The lowest BCUT2D eigenvalue weighted by atomic mass is 9.99. The van der Waals surface area contributed by atoms with Crippen molar-refractivity contribution in [3.05, 3.63) is 34.3 Å². The fourth-order valence-corrected chi connectivity index (χ4v) is 1.33. The highest BCUT2D eigenvalue weighted by Crippen LogP contribution is 2.19. The molecule has 0 aliphatic carbocycles. The second-order valence-electron chi connectivity index (χ2n) is 3.31. The molecule has 0 aromatic heterocycles. The van der Waals surface area contributed by atoms with E-state index in [1.165, 1.54) is 0 Å². The summed E-state index contributed by atoms with van der Waals surface area (Å²) in [6.07, 6.45) is -0.115. The maximum absolute atomic E-state index is 13.4. The first-order valence-electron chi connectivity index (χ1n) is 4.08. The molecule has 0 amide bonds. The van der Waals surface area contributed by atoms with E-state index in [-0.39, 0.29) is 6.42 Å². The Morgan fingerprint density at radius 1 is 1.50 bits per heavy atom. The monoisotopic (exact) mass is 260 g/mol. The van der Waals surface area contributed by atoms with Gasteiger partial charge in [0.05, 0.1) is 0 Å². The molecule has 1 aromatic rings. The molecule has 0 bridgehead atoms. The van der Waals surface area contributed by atoms with Crippen LogP contribution in [0.15, 0.2) is 28.7 Å². The van der Waals surface area contributed by atoms with E-state index in [9.17, 15) is 9.18 Å². The molecule has 1 aromatic carbocycles. The summed E-state index contributed by atoms with van der Waals surface area (Å²) in [4.78, 5) is 10.5. The lowest BCUT2D eigenvalue weighted by molar-refractivity contribution is -0.149. The largest absolute Gasteiger partial charge is 0.479 e. The topological polar surface area (TPSA) is 37.3 Å². The Morgan fingerprint density at radius 2 is 2.00 bits per heavy atom. The Kier molecular flexibility index (Phi) is 3.26. The zero-order valence-corrected chi connectivity index (χ0v) is 9.21. The number of rotatable bonds is 3. The van der Waals surface area contributed by atoms with Crippen LogP contribution in [-0.4, -0.2) is 16.7 Å². The lowest BCUT2D eigenvalue weighted by Gasteiger charge is -2.14. The molecule has 0 saturated carbocycles. The quantitative estimate of drug-likeness (QED) is 0.908. The molecule has 14 heavy (non-hydrogen) atoms. The van der Waals surface area contributed by atoms with Crippen molar-refractivity contribution in [2.75, 3.05) is 0 Å². The summed E-state index contributed by atoms with van der Waals surface area (Å²) in [5, 5.41) is 8.57. The molecular formula is C10H10BrFO2. The predicted molar refractivity (Wildman–Crippen MR) is 55.0 cm³/mol. The van der Waals surface area contributed by atoms with Gasteiger partial charge in [-0.05, 0) is 24.6 Å². The van der Waals surface area contributed by atoms with Crippen LogP contribution in [0.4, 0.5) is 4.39 Å². The summed E-state index contributed by atoms with van der Waals surface area (Å²) in [7, 11) is 0. The highest BCUT2D eigenvalue weighted by atomic mass is 79.9. The SMILES string of the molecule is CC(F)(Cc1ccc(Br)cc1)C(=O)O. The normalized spacial score (nSPS) is 14.8. The minimum atomic E-state index is -2.20. The van der Waals surface area contributed by atoms with Crippen molar-refractivity contribution in [1.29, 1.82) is 0 Å². The predicted octanol–water partition coefficient (Wildman–Crippen LogP) is 2.80. The van der Waals surface area contributed by atoms with Gasteiger partial charge in [0.25, 0.3) is 0 Å². The van der Waals surface area contributed by atoms with Gasteiger partial charge in [0.1, 0.15) is 0 Å². The minimum absolute atomic E-state index is 0.115. The van der Waals surface area contributed by atoms with Crippen LogP contribution in [-0.2, 0) is 11.2 Å². The van der Waals surface area contributed by atoms with Gasteiger partial charge >= 0.3 is 5.97 Å². The van der Waals surface area contributed by atoms with Crippen LogP contribution in [0.1, 0.15) is 12.5 Å². The Hall–Kier alpha value is -0.900. The maximum atomic E-state index is 13.4. The van der Waals surface area contributed by atoms with E-state index in [0.29, 0.717) is 5.56 Å². The van der Waals surface area contributed by atoms with Crippen LogP contribution in [0.2, 0.25) is 0 Å². The van der Waals surface area contributed by atoms with Crippen LogP contribution in [0.5, 0.6) is 0 Å². The van der Waals surface area contributed by atoms with Crippen LogP contribution in [0.3, 0.4) is 0 Å². The first kappa shape index (κ1) is 11.2. The van der Waals surface area contributed by atoms with Gasteiger partial charge in [-0.15, -0.1) is 0 Å². The Labute approximate surface area is 89.9 Å². The molecule has 1 unspecified atom stereocenters. The molecule has 1 N–H and O–H groups in total. The molecule has 0 heterocycles. The molecule has 0 fully saturated rings. The maximum Gasteiger partial charge on any atom is 0.341 e. The molecule has 0 aliphatic rings. The van der Waals surface area contributed by atoms with Crippen molar-refractivity contribution in [3.8, 4) is 0 Å². The lowest BCUT2D eigenvalue weighted by Crippen LogP contribution is -2.32. The number of carbonyl (C=O) groups is 1. The van der Waals surface area contributed by atoms with Crippen LogP contribution < -0.4 is 0 Å². The molecule has 0 aliphatic heterocycles. The third kappa shape index (κ3) is 2.80. The van der Waals surface area contributed by atoms with Crippen LogP contribution in [0.25, 0.3) is 0 Å². The van der Waals surface area contributed by atoms with Gasteiger partial charge in [-0.3, -0.25) is 0 Å². The molecule has 76 valence electrons.